The summed E-state index contributed by atoms with van der Waals surface area (Å²) in [6.07, 6.45) is 10.0. The van der Waals surface area contributed by atoms with E-state index in [2.05, 4.69) is 78.1 Å². The van der Waals surface area contributed by atoms with E-state index in [1.807, 2.05) is 66.9 Å². The van der Waals surface area contributed by atoms with E-state index in [1.165, 1.54) is 0 Å². The number of hydrogen-bond donors (Lipinski definition) is 9. The van der Waals surface area contributed by atoms with Gasteiger partial charge in [-0.2, -0.15) is 0 Å². The summed E-state index contributed by atoms with van der Waals surface area (Å²) in [5.41, 5.74) is 30.9. The molecule has 0 bridgehead atoms. The molecule has 13 N–H and O–H groups in total. The van der Waals surface area contributed by atoms with Crippen LogP contribution in [0, 0.1) is 0 Å². The van der Waals surface area contributed by atoms with Crippen molar-refractivity contribution in [3.05, 3.63) is 177 Å². The maximum Gasteiger partial charge on any atom is 0.251 e. The van der Waals surface area contributed by atoms with Crippen LogP contribution in [0.2, 0.25) is 0 Å². The van der Waals surface area contributed by atoms with Crippen LogP contribution >= 0.6 is 0 Å². The van der Waals surface area contributed by atoms with Gasteiger partial charge in [0, 0.05) is 203 Å². The molecule has 0 saturated heterocycles. The van der Waals surface area contributed by atoms with Crippen LogP contribution < -0.4 is 49.5 Å². The molecule has 23 nitrogen and oxygen atoms in total. The molecule has 0 aromatic heterocycles. The molecule has 5 rings (SSSR count). The van der Waals surface area contributed by atoms with Crippen LogP contribution in [-0.4, -0.2) is 251 Å². The van der Waals surface area contributed by atoms with E-state index in [0.717, 1.165) is 60.4 Å². The fourth-order valence-corrected chi connectivity index (χ4v) is 9.31. The highest BCUT2D eigenvalue weighted by molar-refractivity contribution is 5.97. The summed E-state index contributed by atoms with van der Waals surface area (Å²) in [6.45, 7) is 16.7. The van der Waals surface area contributed by atoms with Crippen molar-refractivity contribution < 1.29 is 24.0 Å². The van der Waals surface area contributed by atoms with Gasteiger partial charge in [-0.15, -0.1) is 0 Å². The molecule has 5 amide bonds. The lowest BCUT2D eigenvalue weighted by atomic mass is 10.1. The first-order valence-corrected chi connectivity index (χ1v) is 31.5. The predicted molar refractivity (Wildman–Crippen MR) is 370 cm³/mol. The van der Waals surface area contributed by atoms with E-state index in [4.69, 9.17) is 22.9 Å². The van der Waals surface area contributed by atoms with Gasteiger partial charge in [-0.3, -0.25) is 68.5 Å². The van der Waals surface area contributed by atoms with Crippen LogP contribution in [0.1, 0.15) is 93.0 Å². The molecule has 0 heterocycles. The average Bonchev–Trinajstić information content (AvgIpc) is 3.30. The molecule has 0 aliphatic rings. The predicted octanol–water partition coefficient (Wildman–Crippen LogP) is 2.31. The second kappa shape index (κ2) is 44.0. The maximum absolute atomic E-state index is 13.1. The number of carbonyl (C=O) groups is 5. The van der Waals surface area contributed by atoms with Gasteiger partial charge in [0.05, 0.1) is 26.2 Å². The molecule has 488 valence electrons. The van der Waals surface area contributed by atoms with Crippen molar-refractivity contribution in [3.63, 3.8) is 0 Å². The Morgan fingerprint density at radius 1 is 0.319 bits per heavy atom. The quantitative estimate of drug-likeness (QED) is 0.0253. The second-order valence-electron chi connectivity index (χ2n) is 21.4. The molecular weight excluding hydrogens is 1150 g/mol. The van der Waals surface area contributed by atoms with Gasteiger partial charge in [0.2, 0.25) is 0 Å². The minimum Gasteiger partial charge on any atom is -0.355 e. The van der Waals surface area contributed by atoms with E-state index in [9.17, 15) is 24.0 Å². The first kappa shape index (κ1) is 73.2. The molecule has 5 aromatic rings. The lowest BCUT2D eigenvalue weighted by molar-refractivity contribution is 0.0932. The first-order valence-electron chi connectivity index (χ1n) is 31.5. The summed E-state index contributed by atoms with van der Waals surface area (Å²) < 4.78 is 0. The number of hydrogen-bond acceptors (Lipinski definition) is 18. The Kier molecular flexibility index (Phi) is 35.4. The Bertz CT molecular complexity index is 3070. The van der Waals surface area contributed by atoms with Gasteiger partial charge in [0.15, 0.2) is 0 Å². The lowest BCUT2D eigenvalue weighted by Gasteiger charge is -2.22. The molecule has 0 atom stereocenters. The number of amides is 5. The Balaban J connectivity index is 0.919. The second-order valence-corrected chi connectivity index (χ2v) is 21.4. The minimum atomic E-state index is -0.184. The molecule has 5 aromatic carbocycles. The fourth-order valence-electron chi connectivity index (χ4n) is 9.31. The van der Waals surface area contributed by atoms with Crippen molar-refractivity contribution in [3.8, 4) is 0 Å². The number of rotatable bonds is 44. The molecule has 91 heavy (non-hydrogen) atoms. The van der Waals surface area contributed by atoms with Gasteiger partial charge < -0.3 is 49.5 Å². The molecule has 0 spiro atoms. The highest BCUT2D eigenvalue weighted by atomic mass is 16.2. The van der Waals surface area contributed by atoms with E-state index in [0.29, 0.717) is 165 Å². The summed E-state index contributed by atoms with van der Waals surface area (Å²) in [5, 5.41) is 14.6. The Hall–Kier alpha value is -8.52. The monoisotopic (exact) mass is 1240 g/mol. The van der Waals surface area contributed by atoms with Crippen LogP contribution in [0.3, 0.4) is 0 Å². The zero-order valence-electron chi connectivity index (χ0n) is 53.2. The number of aliphatic imine (C=N–C) groups is 5. The van der Waals surface area contributed by atoms with Crippen molar-refractivity contribution in [1.29, 1.82) is 0 Å². The molecule has 23 heteroatoms. The largest absolute Gasteiger partial charge is 0.355 e. The van der Waals surface area contributed by atoms with Crippen molar-refractivity contribution in [2.24, 2.45) is 47.9 Å². The van der Waals surface area contributed by atoms with Crippen molar-refractivity contribution in [1.82, 2.24) is 46.2 Å². The maximum atomic E-state index is 13.1. The van der Waals surface area contributed by atoms with E-state index >= 15 is 0 Å². The molecular formula is C68H96N18O5. The van der Waals surface area contributed by atoms with Crippen LogP contribution in [0.25, 0.3) is 0 Å². The molecule has 0 radical (unpaired) electrons. The topological polar surface area (TPSA) is 324 Å². The highest BCUT2D eigenvalue weighted by Gasteiger charge is 2.13. The lowest BCUT2D eigenvalue weighted by Crippen LogP contribution is -2.41. The normalized spacial score (nSPS) is 11.8. The molecule has 0 aliphatic carbocycles. The van der Waals surface area contributed by atoms with E-state index in [-0.39, 0.29) is 29.5 Å². The van der Waals surface area contributed by atoms with Crippen LogP contribution in [-0.2, 0) is 0 Å². The highest BCUT2D eigenvalue weighted by Crippen LogP contribution is 2.08. The SMILES string of the molecule is CCCN=Cc1ccc(C(=O)NCCN(CCN)CCNC(=O)c2ccc(C=NCCN(CCN)CCN=Cc3ccc(C(=O)NCCN(CCN)CCNC(=O)c4ccc(C=NCCN(CCN)CCN=Cc5ccc(C(=O)NC)cc5)cc4)cc3)cc2)cc1. The van der Waals surface area contributed by atoms with Gasteiger partial charge in [0.1, 0.15) is 0 Å². The Labute approximate surface area is 537 Å². The standard InChI is InChI=1S/C68H96N18O5/c1-3-28-74-49-54-6-16-60(17-7-54)65(88)79-33-45-85(39-26-71)46-34-80-66(89)61-20-10-57(11-21-61)52-77-31-43-84(38-25-70)44-32-78-53-58-12-22-63(23-13-58)68(91)82-36-48-86(40-27-72)47-35-81-67(90)62-18-8-56(9-19-62)51-76-30-42-83(37-24-69)41-29-75-50-55-4-14-59(15-5-55)64(87)73-2/h4-23,49-53H,3,24-48,69-72H2,1-2H3,(H,73,87)(H,79,88)(H,80,89)(H,81,90)(H,82,91). The number of nitrogens with zero attached hydrogens (tertiary/aromatic N) is 9. The van der Waals surface area contributed by atoms with Gasteiger partial charge in [-0.1, -0.05) is 67.6 Å². The van der Waals surface area contributed by atoms with Gasteiger partial charge in [-0.25, -0.2) is 0 Å². The first-order chi connectivity index (χ1) is 44.4. The Morgan fingerprint density at radius 3 is 0.736 bits per heavy atom. The average molecular weight is 1250 g/mol. The minimum absolute atomic E-state index is 0.124. The van der Waals surface area contributed by atoms with Crippen molar-refractivity contribution in [2.75, 3.05) is 171 Å². The summed E-state index contributed by atoms with van der Waals surface area (Å²) in [4.78, 5) is 94.9. The van der Waals surface area contributed by atoms with Crippen molar-refractivity contribution >= 4 is 60.6 Å². The number of nitrogens with one attached hydrogen (secondary N) is 5. The van der Waals surface area contributed by atoms with Crippen LogP contribution in [0.4, 0.5) is 0 Å². The number of carbonyl (C=O) groups excluding carboxylic acids is 5. The number of nitrogens with two attached hydrogens (primary N) is 4. The molecule has 0 aliphatic heterocycles. The van der Waals surface area contributed by atoms with Gasteiger partial charge >= 0.3 is 0 Å². The van der Waals surface area contributed by atoms with Gasteiger partial charge in [0.25, 0.3) is 29.5 Å². The molecule has 0 unspecified atom stereocenters. The third kappa shape index (κ3) is 29.3. The fraction of sp³-hybridized carbons (Fsp3) is 0.412. The van der Waals surface area contributed by atoms with Crippen LogP contribution in [0.15, 0.2) is 146 Å². The summed E-state index contributed by atoms with van der Waals surface area (Å²) in [5.74, 6) is -0.805. The zero-order chi connectivity index (χ0) is 65.1. The van der Waals surface area contributed by atoms with Gasteiger partial charge in [-0.05, 0) is 94.9 Å². The Morgan fingerprint density at radius 2 is 0.527 bits per heavy atom. The van der Waals surface area contributed by atoms with E-state index in [1.54, 1.807) is 92.6 Å². The third-order valence-electron chi connectivity index (χ3n) is 14.5. The molecule has 0 fully saturated rings. The third-order valence-corrected chi connectivity index (χ3v) is 14.5. The van der Waals surface area contributed by atoms with E-state index < -0.39 is 0 Å². The smallest absolute Gasteiger partial charge is 0.251 e. The summed E-state index contributed by atoms with van der Waals surface area (Å²) in [7, 11) is 1.61. The summed E-state index contributed by atoms with van der Waals surface area (Å²) in [6, 6.07) is 36.6. The molecule has 0 saturated carbocycles. The summed E-state index contributed by atoms with van der Waals surface area (Å²) >= 11 is 0. The van der Waals surface area contributed by atoms with Crippen LogP contribution in [0.5, 0.6) is 0 Å². The zero-order valence-corrected chi connectivity index (χ0v) is 53.2. The number of benzene rings is 5. The van der Waals surface area contributed by atoms with Crippen molar-refractivity contribution in [2.45, 2.75) is 13.3 Å².